The number of nitriles is 1. The van der Waals surface area contributed by atoms with Crippen molar-refractivity contribution in [2.24, 2.45) is 0 Å². The second kappa shape index (κ2) is 9.44. The molecule has 0 unspecified atom stereocenters. The number of nitrogens with one attached hydrogen (secondary N) is 2. The van der Waals surface area contributed by atoms with E-state index in [0.717, 1.165) is 28.3 Å². The lowest BCUT2D eigenvalue weighted by Gasteiger charge is -2.09. The number of halogens is 1. The van der Waals surface area contributed by atoms with Crippen LogP contribution >= 0.6 is 23.4 Å². The Bertz CT molecular complexity index is 1150. The Balaban J connectivity index is 1.47. The average Bonchev–Trinajstić information content (AvgIpc) is 3.25. The average molecular weight is 433 g/mol. The quantitative estimate of drug-likeness (QED) is 0.545. The zero-order valence-corrected chi connectivity index (χ0v) is 17.4. The van der Waals surface area contributed by atoms with Crippen molar-refractivity contribution < 1.29 is 0 Å². The third kappa shape index (κ3) is 4.79. The predicted octanol–water partition coefficient (Wildman–Crippen LogP) is 4.71. The summed E-state index contributed by atoms with van der Waals surface area (Å²) in [7, 11) is 0. The van der Waals surface area contributed by atoms with Crippen LogP contribution in [0.5, 0.6) is 0 Å². The van der Waals surface area contributed by atoms with E-state index in [1.165, 1.54) is 11.8 Å². The Morgan fingerprint density at radius 1 is 1.20 bits per heavy atom. The minimum absolute atomic E-state index is 0.464. The summed E-state index contributed by atoms with van der Waals surface area (Å²) in [5.41, 5.74) is 4.02. The molecule has 0 radical (unpaired) electrons. The van der Waals surface area contributed by atoms with Gasteiger partial charge in [-0.15, -0.1) is 0 Å². The molecule has 30 heavy (non-hydrogen) atoms. The van der Waals surface area contributed by atoms with Crippen molar-refractivity contribution in [1.29, 1.82) is 5.26 Å². The fourth-order valence-electron chi connectivity index (χ4n) is 2.89. The summed E-state index contributed by atoms with van der Waals surface area (Å²) in [6.45, 7) is 0.668. The molecular formula is C22H17ClN6S. The summed E-state index contributed by atoms with van der Waals surface area (Å²) in [5.74, 6) is 0.482. The van der Waals surface area contributed by atoms with Crippen molar-refractivity contribution in [3.8, 4) is 6.07 Å². The second-order valence-electron chi connectivity index (χ2n) is 6.40. The minimum Gasteiger partial charge on any atom is -0.354 e. The van der Waals surface area contributed by atoms with Crippen LogP contribution < -0.4 is 10.6 Å². The van der Waals surface area contributed by atoms with Crippen LogP contribution in [-0.2, 0) is 6.42 Å². The van der Waals surface area contributed by atoms with Gasteiger partial charge in [0.2, 0.25) is 5.95 Å². The number of benzene rings is 1. The smallest absolute Gasteiger partial charge is 0.223 e. The SMILES string of the molecule is N#CC(=C1NC(c2cccc(Cl)c2)=CS1)c1ccnc(NCCc2cccnc2)n1. The van der Waals surface area contributed by atoms with E-state index >= 15 is 0 Å². The summed E-state index contributed by atoms with van der Waals surface area (Å²) >= 11 is 7.54. The molecule has 0 fully saturated rings. The van der Waals surface area contributed by atoms with Crippen molar-refractivity contribution in [2.45, 2.75) is 6.42 Å². The fraction of sp³-hybridized carbons (Fsp3) is 0.0909. The van der Waals surface area contributed by atoms with E-state index in [1.54, 1.807) is 18.5 Å². The molecule has 148 valence electrons. The van der Waals surface area contributed by atoms with Crippen molar-refractivity contribution in [2.75, 3.05) is 11.9 Å². The van der Waals surface area contributed by atoms with Crippen LogP contribution in [0.1, 0.15) is 16.8 Å². The summed E-state index contributed by atoms with van der Waals surface area (Å²) < 4.78 is 0. The molecule has 8 heteroatoms. The molecule has 1 aromatic carbocycles. The van der Waals surface area contributed by atoms with Gasteiger partial charge in [0.1, 0.15) is 11.6 Å². The number of hydrogen-bond acceptors (Lipinski definition) is 7. The highest BCUT2D eigenvalue weighted by atomic mass is 35.5. The van der Waals surface area contributed by atoms with Gasteiger partial charge in [0.25, 0.3) is 0 Å². The lowest BCUT2D eigenvalue weighted by molar-refractivity contribution is 0.971. The monoisotopic (exact) mass is 432 g/mol. The standard InChI is InChI=1S/C22H17ClN6S/c23-17-5-1-4-16(11-17)20-14-30-21(28-20)18(12-24)19-7-10-27-22(29-19)26-9-6-15-3-2-8-25-13-15/h1-5,7-8,10-11,13-14,28H,6,9H2,(H,26,27,29). The van der Waals surface area contributed by atoms with Crippen molar-refractivity contribution in [3.05, 3.63) is 93.3 Å². The molecule has 0 amide bonds. The van der Waals surface area contributed by atoms with E-state index in [-0.39, 0.29) is 0 Å². The third-order valence-corrected chi connectivity index (χ3v) is 5.48. The van der Waals surface area contributed by atoms with Gasteiger partial charge < -0.3 is 10.6 Å². The lowest BCUT2D eigenvalue weighted by Crippen LogP contribution is -2.10. The fourth-order valence-corrected chi connectivity index (χ4v) is 3.95. The molecule has 4 rings (SSSR count). The van der Waals surface area contributed by atoms with Gasteiger partial charge in [-0.3, -0.25) is 4.98 Å². The van der Waals surface area contributed by atoms with Gasteiger partial charge in [-0.05, 0) is 41.8 Å². The summed E-state index contributed by atoms with van der Waals surface area (Å²) in [6.07, 6.45) is 6.04. The van der Waals surface area contributed by atoms with Gasteiger partial charge >= 0.3 is 0 Å². The van der Waals surface area contributed by atoms with Crippen LogP contribution in [0.25, 0.3) is 11.3 Å². The Morgan fingerprint density at radius 3 is 2.93 bits per heavy atom. The molecular weight excluding hydrogens is 416 g/mol. The highest BCUT2D eigenvalue weighted by Gasteiger charge is 2.18. The first-order valence-electron chi connectivity index (χ1n) is 9.23. The zero-order chi connectivity index (χ0) is 20.8. The lowest BCUT2D eigenvalue weighted by atomic mass is 10.1. The maximum atomic E-state index is 9.76. The van der Waals surface area contributed by atoms with Crippen molar-refractivity contribution >= 4 is 40.6 Å². The first-order valence-corrected chi connectivity index (χ1v) is 10.5. The molecule has 0 saturated heterocycles. The van der Waals surface area contributed by atoms with Crippen molar-refractivity contribution in [1.82, 2.24) is 20.3 Å². The Labute approximate surface area is 183 Å². The number of hydrogen-bond donors (Lipinski definition) is 2. The first kappa shape index (κ1) is 20.0. The van der Waals surface area contributed by atoms with E-state index in [9.17, 15) is 5.26 Å². The molecule has 0 bridgehead atoms. The van der Waals surface area contributed by atoms with E-state index in [1.807, 2.05) is 48.0 Å². The molecule has 1 aliphatic heterocycles. The molecule has 2 aromatic heterocycles. The number of thioether (sulfide) groups is 1. The van der Waals surface area contributed by atoms with Crippen LogP contribution in [0.3, 0.4) is 0 Å². The largest absolute Gasteiger partial charge is 0.354 e. The normalized spacial score (nSPS) is 14.5. The van der Waals surface area contributed by atoms with Gasteiger partial charge in [0.15, 0.2) is 0 Å². The summed E-state index contributed by atoms with van der Waals surface area (Å²) in [5, 5.41) is 19.6. The van der Waals surface area contributed by atoms with Gasteiger partial charge in [0.05, 0.1) is 16.4 Å². The molecule has 0 spiro atoms. The zero-order valence-electron chi connectivity index (χ0n) is 15.8. The molecule has 6 nitrogen and oxygen atoms in total. The molecule has 0 atom stereocenters. The molecule has 0 saturated carbocycles. The third-order valence-electron chi connectivity index (χ3n) is 4.35. The molecule has 3 aromatic rings. The van der Waals surface area contributed by atoms with Crippen LogP contribution in [-0.4, -0.2) is 21.5 Å². The van der Waals surface area contributed by atoms with Crippen LogP contribution in [0.4, 0.5) is 5.95 Å². The molecule has 1 aliphatic rings. The van der Waals surface area contributed by atoms with Crippen LogP contribution in [0.2, 0.25) is 5.02 Å². The highest BCUT2D eigenvalue weighted by molar-refractivity contribution is 8.06. The number of pyridine rings is 1. The predicted molar refractivity (Wildman–Crippen MR) is 121 cm³/mol. The Kier molecular flexibility index (Phi) is 6.28. The number of aromatic nitrogens is 3. The van der Waals surface area contributed by atoms with E-state index in [4.69, 9.17) is 11.6 Å². The first-order chi connectivity index (χ1) is 14.7. The number of rotatable bonds is 6. The van der Waals surface area contributed by atoms with E-state index in [0.29, 0.717) is 28.8 Å². The van der Waals surface area contributed by atoms with E-state index < -0.39 is 0 Å². The number of anilines is 1. The van der Waals surface area contributed by atoms with E-state index in [2.05, 4.69) is 31.7 Å². The molecule has 0 aliphatic carbocycles. The van der Waals surface area contributed by atoms with Gasteiger partial charge in [-0.1, -0.05) is 41.6 Å². The summed E-state index contributed by atoms with van der Waals surface area (Å²) in [4.78, 5) is 12.9. The maximum absolute atomic E-state index is 9.76. The maximum Gasteiger partial charge on any atom is 0.223 e. The van der Waals surface area contributed by atoms with Gasteiger partial charge in [0, 0.05) is 35.6 Å². The van der Waals surface area contributed by atoms with Crippen LogP contribution in [0, 0.1) is 11.3 Å². The molecule has 3 heterocycles. The van der Waals surface area contributed by atoms with Crippen molar-refractivity contribution in [3.63, 3.8) is 0 Å². The van der Waals surface area contributed by atoms with Crippen LogP contribution in [0.15, 0.2) is 71.5 Å². The number of allylic oxidation sites excluding steroid dienone is 1. The van der Waals surface area contributed by atoms with Gasteiger partial charge in [-0.25, -0.2) is 9.97 Å². The molecule has 2 N–H and O–H groups in total. The highest BCUT2D eigenvalue weighted by Crippen LogP contribution is 2.35. The Hall–Kier alpha value is -3.34. The number of nitrogens with zero attached hydrogens (tertiary/aromatic N) is 4. The van der Waals surface area contributed by atoms with Gasteiger partial charge in [-0.2, -0.15) is 5.26 Å². The minimum atomic E-state index is 0.464. The Morgan fingerprint density at radius 2 is 2.13 bits per heavy atom. The topological polar surface area (TPSA) is 86.5 Å². The second-order valence-corrected chi connectivity index (χ2v) is 7.72. The summed E-state index contributed by atoms with van der Waals surface area (Å²) in [6, 6.07) is 15.5.